The molecule has 0 unspecified atom stereocenters. The number of carbonyl (C=O) groups excluding carboxylic acids is 1. The van der Waals surface area contributed by atoms with Crippen LogP contribution < -0.4 is 5.73 Å². The number of hydrogen-bond acceptors (Lipinski definition) is 4. The summed E-state index contributed by atoms with van der Waals surface area (Å²) in [6, 6.07) is 2.09. The molecule has 0 bridgehead atoms. The van der Waals surface area contributed by atoms with Gasteiger partial charge in [0.05, 0.1) is 11.9 Å². The molecule has 0 saturated carbocycles. The molecular formula is C9H6F3N5O. The highest BCUT2D eigenvalue weighted by Gasteiger charge is 2.32. The second-order valence-corrected chi connectivity index (χ2v) is 3.31. The highest BCUT2D eigenvalue weighted by atomic mass is 19.4. The zero-order chi connectivity index (χ0) is 13.3. The Morgan fingerprint density at radius 2 is 2.11 bits per heavy atom. The third-order valence-electron chi connectivity index (χ3n) is 2.04. The average molecular weight is 257 g/mol. The molecule has 0 saturated heterocycles. The minimum absolute atomic E-state index is 0.0809. The van der Waals surface area contributed by atoms with Crippen molar-refractivity contribution in [1.82, 2.24) is 20.0 Å². The highest BCUT2D eigenvalue weighted by molar-refractivity contribution is 5.90. The summed E-state index contributed by atoms with van der Waals surface area (Å²) in [5, 5.41) is 6.92. The molecule has 0 aliphatic rings. The number of halogens is 3. The fourth-order valence-corrected chi connectivity index (χ4v) is 1.22. The number of aromatic nitrogens is 4. The van der Waals surface area contributed by atoms with Crippen LogP contribution in [-0.4, -0.2) is 25.9 Å². The van der Waals surface area contributed by atoms with Gasteiger partial charge in [-0.2, -0.15) is 13.2 Å². The normalized spacial score (nSPS) is 11.5. The number of hydrogen-bond donors (Lipinski definition) is 1. The fraction of sp³-hybridized carbons (Fsp3) is 0.111. The van der Waals surface area contributed by atoms with Crippen LogP contribution in [-0.2, 0) is 6.18 Å². The molecule has 2 heterocycles. The molecule has 9 heteroatoms. The number of carbonyl (C=O) groups is 1. The second kappa shape index (κ2) is 4.09. The molecule has 0 fully saturated rings. The lowest BCUT2D eigenvalue weighted by atomic mass is 10.3. The van der Waals surface area contributed by atoms with E-state index in [0.29, 0.717) is 0 Å². The predicted octanol–water partition coefficient (Wildman–Crippen LogP) is 0.780. The van der Waals surface area contributed by atoms with E-state index in [4.69, 9.17) is 5.73 Å². The first-order valence-electron chi connectivity index (χ1n) is 4.63. The topological polar surface area (TPSA) is 86.7 Å². The van der Waals surface area contributed by atoms with Crippen LogP contribution in [0.3, 0.4) is 0 Å². The van der Waals surface area contributed by atoms with Gasteiger partial charge in [0.2, 0.25) is 0 Å². The van der Waals surface area contributed by atoms with Crippen molar-refractivity contribution < 1.29 is 18.0 Å². The van der Waals surface area contributed by atoms with Gasteiger partial charge < -0.3 is 5.73 Å². The van der Waals surface area contributed by atoms with Gasteiger partial charge in [0, 0.05) is 6.20 Å². The lowest BCUT2D eigenvalue weighted by molar-refractivity contribution is -0.141. The largest absolute Gasteiger partial charge is 0.433 e. The Kier molecular flexibility index (Phi) is 2.73. The smallest absolute Gasteiger partial charge is 0.364 e. The van der Waals surface area contributed by atoms with E-state index < -0.39 is 17.8 Å². The molecule has 0 spiro atoms. The number of nitrogens with two attached hydrogens (primary N) is 1. The molecule has 0 aromatic carbocycles. The van der Waals surface area contributed by atoms with E-state index >= 15 is 0 Å². The summed E-state index contributed by atoms with van der Waals surface area (Å²) >= 11 is 0. The van der Waals surface area contributed by atoms with Gasteiger partial charge >= 0.3 is 6.18 Å². The summed E-state index contributed by atoms with van der Waals surface area (Å²) in [7, 11) is 0. The molecule has 2 rings (SSSR count). The van der Waals surface area contributed by atoms with Gasteiger partial charge in [0.15, 0.2) is 5.69 Å². The van der Waals surface area contributed by atoms with Crippen LogP contribution >= 0.6 is 0 Å². The van der Waals surface area contributed by atoms with Crippen molar-refractivity contribution in [3.8, 4) is 5.69 Å². The van der Waals surface area contributed by atoms with Gasteiger partial charge in [-0.25, -0.2) is 4.68 Å². The Labute approximate surface area is 98.2 Å². The Morgan fingerprint density at radius 1 is 1.39 bits per heavy atom. The number of alkyl halides is 3. The summed E-state index contributed by atoms with van der Waals surface area (Å²) in [6.45, 7) is 0. The molecule has 0 aliphatic carbocycles. The van der Waals surface area contributed by atoms with Crippen LogP contribution in [0.5, 0.6) is 0 Å². The molecule has 1 amide bonds. The minimum atomic E-state index is -4.55. The van der Waals surface area contributed by atoms with E-state index in [9.17, 15) is 18.0 Å². The van der Waals surface area contributed by atoms with Gasteiger partial charge in [-0.15, -0.1) is 5.10 Å². The van der Waals surface area contributed by atoms with Crippen molar-refractivity contribution in [3.05, 3.63) is 35.9 Å². The molecule has 2 aromatic rings. The first kappa shape index (κ1) is 12.0. The monoisotopic (exact) mass is 257 g/mol. The third-order valence-corrected chi connectivity index (χ3v) is 2.04. The number of amides is 1. The van der Waals surface area contributed by atoms with Crippen LogP contribution in [0.4, 0.5) is 13.2 Å². The maximum atomic E-state index is 12.4. The third kappa shape index (κ3) is 2.29. The number of pyridine rings is 1. The Hall–Kier alpha value is -2.45. The summed E-state index contributed by atoms with van der Waals surface area (Å²) in [6.07, 6.45) is -2.43. The first-order valence-corrected chi connectivity index (χ1v) is 4.63. The standard InChI is InChI=1S/C9H6F3N5O/c10-9(11,12)7-3-5(1-2-14-7)17-4-6(8(13)18)15-16-17/h1-4H,(H2,13,18). The van der Waals surface area contributed by atoms with E-state index in [-0.39, 0.29) is 11.4 Å². The first-order chi connectivity index (χ1) is 8.38. The predicted molar refractivity (Wildman–Crippen MR) is 52.7 cm³/mol. The highest BCUT2D eigenvalue weighted by Crippen LogP contribution is 2.28. The van der Waals surface area contributed by atoms with Gasteiger partial charge in [0.1, 0.15) is 5.69 Å². The lowest BCUT2D eigenvalue weighted by Crippen LogP contribution is -2.11. The van der Waals surface area contributed by atoms with Crippen LogP contribution in [0.2, 0.25) is 0 Å². The van der Waals surface area contributed by atoms with Crippen LogP contribution in [0.15, 0.2) is 24.5 Å². The van der Waals surface area contributed by atoms with E-state index in [1.807, 2.05) is 0 Å². The molecule has 2 aromatic heterocycles. The SMILES string of the molecule is NC(=O)c1cn(-c2ccnc(C(F)(F)F)c2)nn1. The summed E-state index contributed by atoms with van der Waals surface area (Å²) in [5.41, 5.74) is 3.84. The van der Waals surface area contributed by atoms with Crippen molar-refractivity contribution in [2.75, 3.05) is 0 Å². The van der Waals surface area contributed by atoms with Gasteiger partial charge in [0.25, 0.3) is 5.91 Å². The van der Waals surface area contributed by atoms with E-state index in [0.717, 1.165) is 23.1 Å². The number of nitrogens with zero attached hydrogens (tertiary/aromatic N) is 4. The summed E-state index contributed by atoms with van der Waals surface area (Å²) < 4.78 is 38.3. The van der Waals surface area contributed by atoms with Crippen molar-refractivity contribution in [2.45, 2.75) is 6.18 Å². The molecule has 0 atom stereocenters. The van der Waals surface area contributed by atoms with Crippen LogP contribution in [0, 0.1) is 0 Å². The van der Waals surface area contributed by atoms with Gasteiger partial charge in [-0.1, -0.05) is 5.21 Å². The van der Waals surface area contributed by atoms with Crippen molar-refractivity contribution in [1.29, 1.82) is 0 Å². The average Bonchev–Trinajstić information content (AvgIpc) is 2.77. The van der Waals surface area contributed by atoms with Crippen LogP contribution in [0.25, 0.3) is 5.69 Å². The molecule has 2 N–H and O–H groups in total. The van der Waals surface area contributed by atoms with Crippen molar-refractivity contribution in [3.63, 3.8) is 0 Å². The maximum absolute atomic E-state index is 12.4. The zero-order valence-corrected chi connectivity index (χ0v) is 8.72. The molecule has 0 radical (unpaired) electrons. The quantitative estimate of drug-likeness (QED) is 0.861. The lowest BCUT2D eigenvalue weighted by Gasteiger charge is -2.06. The number of rotatable bonds is 2. The fourth-order valence-electron chi connectivity index (χ4n) is 1.22. The maximum Gasteiger partial charge on any atom is 0.433 e. The van der Waals surface area contributed by atoms with Crippen molar-refractivity contribution in [2.24, 2.45) is 5.73 Å². The van der Waals surface area contributed by atoms with Gasteiger partial charge in [-0.05, 0) is 12.1 Å². The molecule has 6 nitrogen and oxygen atoms in total. The van der Waals surface area contributed by atoms with Crippen molar-refractivity contribution >= 4 is 5.91 Å². The van der Waals surface area contributed by atoms with E-state index in [1.165, 1.54) is 6.07 Å². The number of primary amides is 1. The Morgan fingerprint density at radius 3 is 2.67 bits per heavy atom. The van der Waals surface area contributed by atoms with Crippen LogP contribution in [0.1, 0.15) is 16.2 Å². The Bertz CT molecular complexity index is 592. The minimum Gasteiger partial charge on any atom is -0.364 e. The zero-order valence-electron chi connectivity index (χ0n) is 8.72. The molecule has 0 aliphatic heterocycles. The summed E-state index contributed by atoms with van der Waals surface area (Å²) in [4.78, 5) is 14.0. The molecular weight excluding hydrogens is 251 g/mol. The Balaban J connectivity index is 2.41. The molecule has 18 heavy (non-hydrogen) atoms. The van der Waals surface area contributed by atoms with E-state index in [2.05, 4.69) is 15.3 Å². The second-order valence-electron chi connectivity index (χ2n) is 3.31. The van der Waals surface area contributed by atoms with E-state index in [1.54, 1.807) is 0 Å². The summed E-state index contributed by atoms with van der Waals surface area (Å²) in [5.74, 6) is -0.814. The molecule has 94 valence electrons. The van der Waals surface area contributed by atoms with Gasteiger partial charge in [-0.3, -0.25) is 9.78 Å².